The van der Waals surface area contributed by atoms with Gasteiger partial charge in [-0.25, -0.2) is 0 Å². The predicted octanol–water partition coefficient (Wildman–Crippen LogP) is 5.68. The van der Waals surface area contributed by atoms with Gasteiger partial charge in [-0.15, -0.1) is 0 Å². The summed E-state index contributed by atoms with van der Waals surface area (Å²) < 4.78 is 5.99. The van der Waals surface area contributed by atoms with Gasteiger partial charge >= 0.3 is 11.9 Å². The van der Waals surface area contributed by atoms with E-state index in [9.17, 15) is 9.59 Å². The highest BCUT2D eigenvalue weighted by molar-refractivity contribution is 6.33. The quantitative estimate of drug-likeness (QED) is 0.309. The fraction of sp³-hybridized carbons (Fsp3) is 0.286. The number of aliphatic carboxylic acids is 2. The molecule has 0 spiro atoms. The van der Waals surface area contributed by atoms with Gasteiger partial charge in [-0.05, 0) is 79.4 Å². The Kier molecular flexibility index (Phi) is 10.2. The zero-order valence-electron chi connectivity index (χ0n) is 20.2. The molecule has 0 amide bonds. The summed E-state index contributed by atoms with van der Waals surface area (Å²) in [6.45, 7) is 4.80. The van der Waals surface area contributed by atoms with Crippen molar-refractivity contribution in [2.24, 2.45) is 0 Å². The van der Waals surface area contributed by atoms with E-state index in [4.69, 9.17) is 26.6 Å². The van der Waals surface area contributed by atoms with Crippen LogP contribution in [0.5, 0.6) is 11.5 Å². The second-order valence-electron chi connectivity index (χ2n) is 8.46. The van der Waals surface area contributed by atoms with Crippen molar-refractivity contribution >= 4 is 29.2 Å². The Balaban J connectivity index is 0.000000392. The van der Waals surface area contributed by atoms with Gasteiger partial charge in [0.25, 0.3) is 0 Å². The molecule has 7 nitrogen and oxygen atoms in total. The average molecular weight is 511 g/mol. The molecular formula is C28H31ClN2O5. The van der Waals surface area contributed by atoms with E-state index < -0.39 is 11.9 Å². The smallest absolute Gasteiger partial charge is 0.303 e. The molecule has 0 aromatic heterocycles. The van der Waals surface area contributed by atoms with Crippen molar-refractivity contribution in [1.29, 1.82) is 0 Å². The van der Waals surface area contributed by atoms with Gasteiger partial charge in [0.05, 0.1) is 23.6 Å². The van der Waals surface area contributed by atoms with E-state index in [0.717, 1.165) is 60.2 Å². The maximum atomic E-state index is 9.64. The molecule has 36 heavy (non-hydrogen) atoms. The number of fused-ring (bicyclic) bond motifs is 1. The van der Waals surface area contributed by atoms with E-state index in [1.54, 1.807) is 0 Å². The Labute approximate surface area is 216 Å². The number of hydrogen-bond donors (Lipinski definition) is 4. The molecule has 1 aliphatic heterocycles. The van der Waals surface area contributed by atoms with E-state index in [0.29, 0.717) is 0 Å². The van der Waals surface area contributed by atoms with Crippen LogP contribution in [0.25, 0.3) is 0 Å². The Morgan fingerprint density at radius 3 is 2.28 bits per heavy atom. The summed E-state index contributed by atoms with van der Waals surface area (Å²) in [5.41, 5.74) is 6.12. The molecule has 0 saturated carbocycles. The largest absolute Gasteiger partial charge is 0.481 e. The first kappa shape index (κ1) is 27.0. The van der Waals surface area contributed by atoms with Crippen molar-refractivity contribution in [2.45, 2.75) is 39.2 Å². The third-order valence-electron chi connectivity index (χ3n) is 5.75. The summed E-state index contributed by atoms with van der Waals surface area (Å²) in [6.07, 6.45) is 1.46. The van der Waals surface area contributed by atoms with Gasteiger partial charge in [-0.1, -0.05) is 48.0 Å². The molecule has 3 aromatic rings. The van der Waals surface area contributed by atoms with Crippen LogP contribution in [0.15, 0.2) is 60.7 Å². The summed E-state index contributed by atoms with van der Waals surface area (Å²) in [5.74, 6) is -0.420. The molecule has 0 atom stereocenters. The topological polar surface area (TPSA) is 108 Å². The number of para-hydroxylation sites is 1. The fourth-order valence-corrected chi connectivity index (χ4v) is 4.06. The number of carbonyl (C=O) groups is 2. The lowest BCUT2D eigenvalue weighted by atomic mass is 10.0. The zero-order valence-corrected chi connectivity index (χ0v) is 21.0. The Hall–Kier alpha value is -3.55. The molecule has 8 heteroatoms. The van der Waals surface area contributed by atoms with Gasteiger partial charge in [0.1, 0.15) is 11.5 Å². The van der Waals surface area contributed by atoms with Crippen LogP contribution in [0.3, 0.4) is 0 Å². The summed E-state index contributed by atoms with van der Waals surface area (Å²) in [6, 6.07) is 20.4. The van der Waals surface area contributed by atoms with Crippen LogP contribution in [-0.4, -0.2) is 35.2 Å². The van der Waals surface area contributed by atoms with Gasteiger partial charge in [-0.3, -0.25) is 9.59 Å². The van der Waals surface area contributed by atoms with Crippen molar-refractivity contribution in [2.75, 3.05) is 18.4 Å². The summed E-state index contributed by atoms with van der Waals surface area (Å²) in [4.78, 5) is 19.3. The van der Waals surface area contributed by atoms with E-state index in [2.05, 4.69) is 41.8 Å². The Morgan fingerprint density at radius 2 is 1.61 bits per heavy atom. The molecule has 4 N–H and O–H groups in total. The number of nitrogens with one attached hydrogen (secondary N) is 2. The second kappa shape index (κ2) is 13.5. The molecule has 0 unspecified atom stereocenters. The van der Waals surface area contributed by atoms with Crippen molar-refractivity contribution < 1.29 is 24.5 Å². The minimum Gasteiger partial charge on any atom is -0.481 e. The summed E-state index contributed by atoms with van der Waals surface area (Å²) >= 11 is 6.51. The van der Waals surface area contributed by atoms with Crippen molar-refractivity contribution in [1.82, 2.24) is 5.32 Å². The lowest BCUT2D eigenvalue weighted by Crippen LogP contribution is -2.16. The van der Waals surface area contributed by atoms with Gasteiger partial charge in [-0.2, -0.15) is 0 Å². The third kappa shape index (κ3) is 8.29. The van der Waals surface area contributed by atoms with Gasteiger partial charge in [0.15, 0.2) is 0 Å². The number of aryl methyl sites for hydroxylation is 1. The molecule has 0 saturated heterocycles. The third-order valence-corrected chi connectivity index (χ3v) is 6.06. The van der Waals surface area contributed by atoms with Crippen molar-refractivity contribution in [3.8, 4) is 11.5 Å². The summed E-state index contributed by atoms with van der Waals surface area (Å²) in [5, 5.41) is 23.6. The number of ether oxygens (including phenoxy) is 1. The van der Waals surface area contributed by atoms with Gasteiger partial charge in [0, 0.05) is 6.54 Å². The zero-order chi connectivity index (χ0) is 25.9. The number of rotatable bonds is 8. The SMILES string of the molecule is Cc1ccccc1Oc1ccc(CNc2c(Cl)ccc3c2CCNCC3)cc1.O=C(O)CCC(=O)O. The fourth-order valence-electron chi connectivity index (χ4n) is 3.81. The van der Waals surface area contributed by atoms with Crippen LogP contribution in [0.2, 0.25) is 5.02 Å². The molecule has 0 bridgehead atoms. The van der Waals surface area contributed by atoms with Crippen LogP contribution >= 0.6 is 11.6 Å². The highest BCUT2D eigenvalue weighted by Gasteiger charge is 2.14. The van der Waals surface area contributed by atoms with Crippen LogP contribution in [-0.2, 0) is 29.0 Å². The lowest BCUT2D eigenvalue weighted by Gasteiger charge is -2.16. The first-order valence-electron chi connectivity index (χ1n) is 11.8. The highest BCUT2D eigenvalue weighted by atomic mass is 35.5. The molecule has 3 aromatic carbocycles. The van der Waals surface area contributed by atoms with Crippen LogP contribution < -0.4 is 15.4 Å². The number of hydrogen-bond acceptors (Lipinski definition) is 5. The molecule has 1 heterocycles. The Bertz CT molecular complexity index is 1170. The Morgan fingerprint density at radius 1 is 0.944 bits per heavy atom. The minimum atomic E-state index is -1.08. The number of carboxylic acids is 2. The van der Waals surface area contributed by atoms with Gasteiger partial charge < -0.3 is 25.6 Å². The standard InChI is InChI=1S/C24H25ClN2O.C4H6O4/c1-17-4-2-3-5-23(17)28-20-9-6-18(7-10-20)16-27-24-21-13-15-26-14-12-19(21)8-11-22(24)25;5-3(6)1-2-4(7)8/h2-11,26-27H,12-16H2,1H3;1-2H2,(H,5,6)(H,7,8). The average Bonchev–Trinajstić information content (AvgIpc) is 3.11. The minimum absolute atomic E-state index is 0.296. The molecule has 1 aliphatic rings. The normalized spacial score (nSPS) is 12.4. The first-order valence-corrected chi connectivity index (χ1v) is 12.2. The summed E-state index contributed by atoms with van der Waals surface area (Å²) in [7, 11) is 0. The number of benzene rings is 3. The van der Waals surface area contributed by atoms with E-state index >= 15 is 0 Å². The predicted molar refractivity (Wildman–Crippen MR) is 141 cm³/mol. The van der Waals surface area contributed by atoms with Crippen LogP contribution in [0.1, 0.15) is 35.1 Å². The van der Waals surface area contributed by atoms with Crippen molar-refractivity contribution in [3.05, 3.63) is 87.9 Å². The maximum absolute atomic E-state index is 9.64. The molecule has 4 rings (SSSR count). The number of carboxylic acid groups (broad SMARTS) is 2. The first-order chi connectivity index (χ1) is 17.3. The van der Waals surface area contributed by atoms with Crippen LogP contribution in [0.4, 0.5) is 5.69 Å². The monoisotopic (exact) mass is 510 g/mol. The molecule has 0 aliphatic carbocycles. The van der Waals surface area contributed by atoms with E-state index in [1.165, 1.54) is 16.7 Å². The number of halogens is 1. The highest BCUT2D eigenvalue weighted by Crippen LogP contribution is 2.31. The van der Waals surface area contributed by atoms with Crippen molar-refractivity contribution in [3.63, 3.8) is 0 Å². The molecule has 190 valence electrons. The van der Waals surface area contributed by atoms with E-state index in [-0.39, 0.29) is 12.8 Å². The molecule has 0 fully saturated rings. The lowest BCUT2D eigenvalue weighted by molar-refractivity contribution is -0.143. The number of anilines is 1. The maximum Gasteiger partial charge on any atom is 0.303 e. The van der Waals surface area contributed by atoms with Gasteiger partial charge in [0.2, 0.25) is 0 Å². The second-order valence-corrected chi connectivity index (χ2v) is 8.87. The van der Waals surface area contributed by atoms with Crippen LogP contribution in [0, 0.1) is 6.92 Å². The van der Waals surface area contributed by atoms with E-state index in [1.807, 2.05) is 36.4 Å². The molecule has 0 radical (unpaired) electrons. The molecular weight excluding hydrogens is 480 g/mol.